The Labute approximate surface area is 183 Å². The van der Waals surface area contributed by atoms with Crippen molar-refractivity contribution in [3.8, 4) is 0 Å². The molecule has 0 aromatic heterocycles. The molecule has 0 radical (unpaired) electrons. The van der Waals surface area contributed by atoms with Gasteiger partial charge < -0.3 is 0 Å². The molecule has 0 aliphatic heterocycles. The molecule has 2 aliphatic rings. The number of aryl methyl sites for hydroxylation is 4. The summed E-state index contributed by atoms with van der Waals surface area (Å²) in [5, 5.41) is 0. The van der Waals surface area contributed by atoms with Crippen LogP contribution >= 0.6 is 0 Å². The smallest absolute Gasteiger partial charge is 0.134 e. The van der Waals surface area contributed by atoms with Gasteiger partial charge in [-0.2, -0.15) is 0 Å². The number of carbonyl (C=O) groups is 1. The molecule has 4 rings (SSSR count). The Kier molecular flexibility index (Phi) is 6.46. The van der Waals surface area contributed by atoms with Crippen LogP contribution in [0, 0.1) is 39.5 Å². The van der Waals surface area contributed by atoms with Gasteiger partial charge in [0.15, 0.2) is 0 Å². The van der Waals surface area contributed by atoms with E-state index in [4.69, 9.17) is 0 Å². The van der Waals surface area contributed by atoms with Gasteiger partial charge in [-0.05, 0) is 110 Å². The average Bonchev–Trinajstić information content (AvgIpc) is 2.62. The largest absolute Gasteiger partial charge is 0.300 e. The van der Waals surface area contributed by atoms with Gasteiger partial charge in [0.05, 0.1) is 0 Å². The lowest BCUT2D eigenvalue weighted by molar-refractivity contribution is -0.120. The van der Waals surface area contributed by atoms with E-state index in [1.165, 1.54) is 71.9 Å². The molecular formula is C29H38O. The SMILES string of the molecule is Cc1ccc([C@@H](CC(=O)C[C@H](c2ccc(C)c(C)c2)C2CCC2)C2CCC2)cc1C. The van der Waals surface area contributed by atoms with Crippen molar-refractivity contribution < 1.29 is 4.79 Å². The highest BCUT2D eigenvalue weighted by Crippen LogP contribution is 2.45. The van der Waals surface area contributed by atoms with Crippen LogP contribution in [0.1, 0.15) is 96.6 Å². The van der Waals surface area contributed by atoms with Crippen LogP contribution in [0.25, 0.3) is 0 Å². The predicted molar refractivity (Wildman–Crippen MR) is 126 cm³/mol. The van der Waals surface area contributed by atoms with Gasteiger partial charge in [0.25, 0.3) is 0 Å². The van der Waals surface area contributed by atoms with E-state index in [9.17, 15) is 4.79 Å². The zero-order valence-corrected chi connectivity index (χ0v) is 19.3. The molecule has 2 saturated carbocycles. The molecule has 2 aromatic rings. The first-order valence-corrected chi connectivity index (χ1v) is 12.1. The molecule has 0 spiro atoms. The van der Waals surface area contributed by atoms with E-state index in [0.29, 0.717) is 29.5 Å². The second-order valence-electron chi connectivity index (χ2n) is 10.2. The maximum atomic E-state index is 13.4. The maximum Gasteiger partial charge on any atom is 0.134 e. The van der Waals surface area contributed by atoms with Crippen molar-refractivity contribution >= 4 is 5.78 Å². The molecule has 160 valence electrons. The van der Waals surface area contributed by atoms with Crippen LogP contribution in [0.4, 0.5) is 0 Å². The summed E-state index contributed by atoms with van der Waals surface area (Å²) in [6.45, 7) is 8.75. The van der Waals surface area contributed by atoms with E-state index < -0.39 is 0 Å². The van der Waals surface area contributed by atoms with Crippen molar-refractivity contribution in [2.45, 2.75) is 90.9 Å². The second kappa shape index (κ2) is 9.08. The summed E-state index contributed by atoms with van der Waals surface area (Å²) < 4.78 is 0. The fourth-order valence-electron chi connectivity index (χ4n) is 5.36. The van der Waals surface area contributed by atoms with Crippen molar-refractivity contribution in [1.29, 1.82) is 0 Å². The Bertz CT molecular complexity index is 827. The molecule has 2 atom stereocenters. The first-order chi connectivity index (χ1) is 14.4. The fourth-order valence-corrected chi connectivity index (χ4v) is 5.36. The standard InChI is InChI=1S/C29H38O/c1-19-11-13-25(15-21(19)3)28(23-7-5-8-23)17-27(30)18-29(24-9-6-10-24)26-14-12-20(2)22(4)16-26/h11-16,23-24,28-29H,5-10,17-18H2,1-4H3/t28-,29-/m0/s1. The summed E-state index contributed by atoms with van der Waals surface area (Å²) in [5.74, 6) is 2.68. The number of hydrogen-bond donors (Lipinski definition) is 0. The number of Topliss-reactive ketones (excluding diaryl/α,β-unsaturated/α-hetero) is 1. The van der Waals surface area contributed by atoms with Crippen molar-refractivity contribution in [2.75, 3.05) is 0 Å². The maximum absolute atomic E-state index is 13.4. The molecule has 2 aliphatic carbocycles. The van der Waals surface area contributed by atoms with Crippen LogP contribution in [-0.2, 0) is 4.79 Å². The van der Waals surface area contributed by atoms with Crippen molar-refractivity contribution in [3.63, 3.8) is 0 Å². The summed E-state index contributed by atoms with van der Waals surface area (Å²) >= 11 is 0. The van der Waals surface area contributed by atoms with E-state index in [1.54, 1.807) is 0 Å². The van der Waals surface area contributed by atoms with Crippen molar-refractivity contribution in [3.05, 3.63) is 69.8 Å². The van der Waals surface area contributed by atoms with Crippen LogP contribution in [0.2, 0.25) is 0 Å². The minimum Gasteiger partial charge on any atom is -0.300 e. The Morgan fingerprint density at radius 1 is 0.700 bits per heavy atom. The summed E-state index contributed by atoms with van der Waals surface area (Å²) in [6.07, 6.45) is 9.24. The first-order valence-electron chi connectivity index (χ1n) is 12.1. The second-order valence-corrected chi connectivity index (χ2v) is 10.2. The molecule has 2 fully saturated rings. The van der Waals surface area contributed by atoms with Crippen LogP contribution in [0.5, 0.6) is 0 Å². The third-order valence-corrected chi connectivity index (χ3v) is 8.25. The molecule has 1 nitrogen and oxygen atoms in total. The Balaban J connectivity index is 1.52. The van der Waals surface area contributed by atoms with E-state index in [1.807, 2.05) is 0 Å². The van der Waals surface area contributed by atoms with E-state index in [-0.39, 0.29) is 0 Å². The van der Waals surface area contributed by atoms with Crippen molar-refractivity contribution in [1.82, 2.24) is 0 Å². The van der Waals surface area contributed by atoms with Gasteiger partial charge >= 0.3 is 0 Å². The average molecular weight is 403 g/mol. The molecule has 0 saturated heterocycles. The lowest BCUT2D eigenvalue weighted by atomic mass is 9.68. The highest BCUT2D eigenvalue weighted by atomic mass is 16.1. The zero-order valence-electron chi connectivity index (χ0n) is 19.3. The summed E-state index contributed by atoms with van der Waals surface area (Å²) in [5.41, 5.74) is 8.18. The van der Waals surface area contributed by atoms with Gasteiger partial charge in [-0.15, -0.1) is 0 Å². The number of hydrogen-bond acceptors (Lipinski definition) is 1. The lowest BCUT2D eigenvalue weighted by Crippen LogP contribution is -2.26. The molecular weight excluding hydrogens is 364 g/mol. The molecule has 0 N–H and O–H groups in total. The Morgan fingerprint density at radius 3 is 1.40 bits per heavy atom. The van der Waals surface area contributed by atoms with Crippen LogP contribution in [0.15, 0.2) is 36.4 Å². The highest BCUT2D eigenvalue weighted by molar-refractivity contribution is 5.80. The summed E-state index contributed by atoms with van der Waals surface area (Å²) in [6, 6.07) is 13.7. The van der Waals surface area contributed by atoms with Gasteiger partial charge in [-0.3, -0.25) is 4.79 Å². The molecule has 30 heavy (non-hydrogen) atoms. The van der Waals surface area contributed by atoms with Crippen molar-refractivity contribution in [2.24, 2.45) is 11.8 Å². The number of rotatable bonds is 8. The third kappa shape index (κ3) is 4.56. The van der Waals surface area contributed by atoms with Crippen LogP contribution < -0.4 is 0 Å². The monoisotopic (exact) mass is 402 g/mol. The van der Waals surface area contributed by atoms with E-state index in [2.05, 4.69) is 64.1 Å². The summed E-state index contributed by atoms with van der Waals surface area (Å²) in [7, 11) is 0. The quantitative estimate of drug-likeness (QED) is 0.441. The fraction of sp³-hybridized carbons (Fsp3) is 0.552. The highest BCUT2D eigenvalue weighted by Gasteiger charge is 2.34. The van der Waals surface area contributed by atoms with Gasteiger partial charge in [-0.1, -0.05) is 49.2 Å². The number of ketones is 1. The zero-order chi connectivity index (χ0) is 21.3. The number of benzene rings is 2. The van der Waals surface area contributed by atoms with Crippen LogP contribution in [-0.4, -0.2) is 5.78 Å². The van der Waals surface area contributed by atoms with Gasteiger partial charge in [0.2, 0.25) is 0 Å². The topological polar surface area (TPSA) is 17.1 Å². The van der Waals surface area contributed by atoms with Crippen LogP contribution in [0.3, 0.4) is 0 Å². The Hall–Kier alpha value is -1.89. The number of carbonyl (C=O) groups excluding carboxylic acids is 1. The molecule has 1 heteroatoms. The molecule has 0 amide bonds. The van der Waals surface area contributed by atoms with E-state index >= 15 is 0 Å². The first kappa shape index (κ1) is 21.3. The molecule has 0 heterocycles. The minimum atomic E-state index is 0.410. The normalized spacial score (nSPS) is 19.1. The predicted octanol–water partition coefficient (Wildman–Crippen LogP) is 7.74. The van der Waals surface area contributed by atoms with Gasteiger partial charge in [-0.25, -0.2) is 0 Å². The third-order valence-electron chi connectivity index (χ3n) is 8.25. The minimum absolute atomic E-state index is 0.410. The van der Waals surface area contributed by atoms with E-state index in [0.717, 1.165) is 12.8 Å². The molecule has 2 aromatic carbocycles. The molecule has 0 unspecified atom stereocenters. The molecule has 0 bridgehead atoms. The summed E-state index contributed by atoms with van der Waals surface area (Å²) in [4.78, 5) is 13.4. The van der Waals surface area contributed by atoms with Gasteiger partial charge in [0, 0.05) is 12.8 Å². The van der Waals surface area contributed by atoms with Gasteiger partial charge in [0.1, 0.15) is 5.78 Å². The lowest BCUT2D eigenvalue weighted by Gasteiger charge is -2.36. The Morgan fingerprint density at radius 2 is 1.10 bits per heavy atom.